The summed E-state index contributed by atoms with van der Waals surface area (Å²) >= 11 is 2.53. The smallest absolute Gasteiger partial charge is 0.412 e. The molecule has 1 aliphatic carbocycles. The molecule has 0 spiro atoms. The topological polar surface area (TPSA) is 38.3 Å². The molecule has 162 valence electrons. The van der Waals surface area contributed by atoms with Crippen molar-refractivity contribution < 1.29 is 13.9 Å². The van der Waals surface area contributed by atoms with E-state index >= 15 is 0 Å². The molecule has 3 nitrogen and oxygen atoms in total. The minimum absolute atomic E-state index is 0.360. The molecule has 1 amide bonds. The summed E-state index contributed by atoms with van der Waals surface area (Å²) in [6.45, 7) is 1.82. The van der Waals surface area contributed by atoms with Crippen LogP contribution in [0.1, 0.15) is 42.2 Å². The maximum absolute atomic E-state index is 14.1. The van der Waals surface area contributed by atoms with Gasteiger partial charge in [0, 0.05) is 10.9 Å². The van der Waals surface area contributed by atoms with Crippen molar-refractivity contribution in [3.8, 4) is 21.6 Å². The highest BCUT2D eigenvalue weighted by Crippen LogP contribution is 2.41. The number of nitrogens with one attached hydrogen (secondary N) is 1. The van der Waals surface area contributed by atoms with Crippen molar-refractivity contribution in [1.82, 2.24) is 0 Å². The second-order valence-corrected chi connectivity index (χ2v) is 9.94. The van der Waals surface area contributed by atoms with E-state index < -0.39 is 6.09 Å². The average Bonchev–Trinajstić information content (AvgIpc) is 3.37. The van der Waals surface area contributed by atoms with E-state index in [1.165, 1.54) is 35.8 Å². The molecule has 2 aromatic heterocycles. The molecule has 6 heteroatoms. The van der Waals surface area contributed by atoms with Gasteiger partial charge in [-0.05, 0) is 59.4 Å². The summed E-state index contributed by atoms with van der Waals surface area (Å²) < 4.78 is 19.5. The molecule has 0 bridgehead atoms. The predicted octanol–water partition coefficient (Wildman–Crippen LogP) is 8.47. The molecule has 0 radical (unpaired) electrons. The number of hydrogen-bond donors (Lipinski definition) is 1. The van der Waals surface area contributed by atoms with Crippen molar-refractivity contribution in [2.75, 3.05) is 5.32 Å². The van der Waals surface area contributed by atoms with Gasteiger partial charge in [0.15, 0.2) is 5.13 Å². The number of thiophene rings is 2. The number of halogens is 1. The lowest BCUT2D eigenvalue weighted by atomic mass is 10.0. The van der Waals surface area contributed by atoms with Crippen LogP contribution in [0.3, 0.4) is 0 Å². The molecule has 1 saturated carbocycles. The zero-order chi connectivity index (χ0) is 22.1. The minimum Gasteiger partial charge on any atom is -0.441 e. The maximum atomic E-state index is 14.1. The van der Waals surface area contributed by atoms with E-state index in [-0.39, 0.29) is 11.2 Å². The predicted molar refractivity (Wildman–Crippen MR) is 130 cm³/mol. The van der Waals surface area contributed by atoms with E-state index in [4.69, 9.17) is 4.74 Å². The largest absolute Gasteiger partial charge is 0.441 e. The van der Waals surface area contributed by atoms with Gasteiger partial charge in [-0.2, -0.15) is 4.39 Å². The number of anilines is 1. The van der Waals surface area contributed by atoms with Crippen LogP contribution < -0.4 is 5.32 Å². The van der Waals surface area contributed by atoms with Crippen LogP contribution in [0.4, 0.5) is 14.9 Å². The molecule has 5 rings (SSSR count). The van der Waals surface area contributed by atoms with Crippen LogP contribution >= 0.6 is 22.7 Å². The Hall–Kier alpha value is -2.96. The Morgan fingerprint density at radius 1 is 1.03 bits per heavy atom. The summed E-state index contributed by atoms with van der Waals surface area (Å²) in [6, 6.07) is 21.9. The van der Waals surface area contributed by atoms with Gasteiger partial charge in [0.05, 0.1) is 10.6 Å². The van der Waals surface area contributed by atoms with Gasteiger partial charge in [0.1, 0.15) is 6.10 Å². The van der Waals surface area contributed by atoms with E-state index in [1.54, 1.807) is 0 Å². The normalized spacial score (nSPS) is 14.2. The molecule has 1 fully saturated rings. The van der Waals surface area contributed by atoms with Crippen LogP contribution in [0, 0.1) is 5.13 Å². The highest BCUT2D eigenvalue weighted by molar-refractivity contribution is 7.14. The lowest BCUT2D eigenvalue weighted by Gasteiger charge is -2.13. The van der Waals surface area contributed by atoms with Crippen molar-refractivity contribution in [3.63, 3.8) is 0 Å². The second-order valence-electron chi connectivity index (χ2n) is 7.95. The van der Waals surface area contributed by atoms with Gasteiger partial charge in [-0.25, -0.2) is 4.79 Å². The van der Waals surface area contributed by atoms with Crippen LogP contribution in [0.5, 0.6) is 0 Å². The van der Waals surface area contributed by atoms with E-state index in [9.17, 15) is 9.18 Å². The number of benzene rings is 2. The average molecular weight is 464 g/mol. The summed E-state index contributed by atoms with van der Waals surface area (Å²) in [5.74, 6) is 0.742. The SMILES string of the molecule is CC(OC(=O)Nc1cc(F)sc1-c1ccc(-c2ccc(C3CC3)cc2)cc1)c1cccs1. The maximum Gasteiger partial charge on any atom is 0.412 e. The third-order valence-electron chi connectivity index (χ3n) is 5.61. The van der Waals surface area contributed by atoms with Crippen LogP contribution in [0.2, 0.25) is 0 Å². The Kier molecular flexibility index (Phi) is 5.81. The molecule has 1 atom stereocenters. The first kappa shape index (κ1) is 20.9. The number of rotatable bonds is 6. The summed E-state index contributed by atoms with van der Waals surface area (Å²) in [4.78, 5) is 14.0. The number of carbonyl (C=O) groups excluding carboxylic acids is 1. The molecular weight excluding hydrogens is 441 g/mol. The number of amides is 1. The Balaban J connectivity index is 1.31. The monoisotopic (exact) mass is 463 g/mol. The Morgan fingerprint density at radius 2 is 1.69 bits per heavy atom. The molecular formula is C26H22FNO2S2. The highest BCUT2D eigenvalue weighted by atomic mass is 32.1. The number of ether oxygens (including phenoxy) is 1. The summed E-state index contributed by atoms with van der Waals surface area (Å²) in [5, 5.41) is 4.28. The van der Waals surface area contributed by atoms with Crippen molar-refractivity contribution in [2.45, 2.75) is 31.8 Å². The summed E-state index contributed by atoms with van der Waals surface area (Å²) in [5.41, 5.74) is 4.93. The van der Waals surface area contributed by atoms with Crippen LogP contribution in [-0.4, -0.2) is 6.09 Å². The van der Waals surface area contributed by atoms with Gasteiger partial charge in [-0.15, -0.1) is 22.7 Å². The molecule has 4 aromatic rings. The van der Waals surface area contributed by atoms with Crippen molar-refractivity contribution >= 4 is 34.5 Å². The van der Waals surface area contributed by atoms with Gasteiger partial charge in [-0.3, -0.25) is 5.32 Å². The van der Waals surface area contributed by atoms with E-state index in [0.29, 0.717) is 10.6 Å². The molecule has 2 heterocycles. The number of hydrogen-bond acceptors (Lipinski definition) is 4. The molecule has 0 aliphatic heterocycles. The van der Waals surface area contributed by atoms with Crippen LogP contribution in [0.25, 0.3) is 21.6 Å². The quantitative estimate of drug-likeness (QED) is 0.311. The fourth-order valence-corrected chi connectivity index (χ4v) is 5.28. The lowest BCUT2D eigenvalue weighted by Crippen LogP contribution is -2.15. The van der Waals surface area contributed by atoms with Gasteiger partial charge in [0.25, 0.3) is 0 Å². The van der Waals surface area contributed by atoms with Gasteiger partial charge in [-0.1, -0.05) is 54.6 Å². The minimum atomic E-state index is -0.600. The van der Waals surface area contributed by atoms with E-state index in [0.717, 1.165) is 38.8 Å². The Bertz CT molecular complexity index is 1210. The Labute approximate surface area is 194 Å². The highest BCUT2D eigenvalue weighted by Gasteiger charge is 2.23. The van der Waals surface area contributed by atoms with Crippen LogP contribution in [-0.2, 0) is 4.74 Å². The molecule has 1 unspecified atom stereocenters. The molecule has 0 saturated heterocycles. The fourth-order valence-electron chi connectivity index (χ4n) is 3.73. The summed E-state index contributed by atoms with van der Waals surface area (Å²) in [7, 11) is 0. The standard InChI is InChI=1S/C26H22FNO2S2/c1-16(23-3-2-14-31-23)30-26(29)28-22-15-24(27)32-25(22)21-12-10-20(11-13-21)19-8-6-18(7-9-19)17-4-5-17/h2-3,6-17H,4-5H2,1H3,(H,28,29). The first-order valence-corrected chi connectivity index (χ1v) is 12.3. The third kappa shape index (κ3) is 4.61. The van der Waals surface area contributed by atoms with Crippen molar-refractivity contribution in [1.29, 1.82) is 0 Å². The Morgan fingerprint density at radius 3 is 2.31 bits per heavy atom. The van der Waals surface area contributed by atoms with Crippen molar-refractivity contribution in [2.24, 2.45) is 0 Å². The first-order valence-electron chi connectivity index (χ1n) is 10.6. The summed E-state index contributed by atoms with van der Waals surface area (Å²) in [6.07, 6.45) is 1.62. The van der Waals surface area contributed by atoms with Gasteiger partial charge >= 0.3 is 6.09 Å². The van der Waals surface area contributed by atoms with E-state index in [1.807, 2.05) is 48.7 Å². The zero-order valence-corrected chi connectivity index (χ0v) is 19.1. The molecule has 2 aromatic carbocycles. The fraction of sp³-hybridized carbons (Fsp3) is 0.192. The molecule has 32 heavy (non-hydrogen) atoms. The third-order valence-corrected chi connectivity index (χ3v) is 7.61. The van der Waals surface area contributed by atoms with Gasteiger partial charge < -0.3 is 4.74 Å². The zero-order valence-electron chi connectivity index (χ0n) is 17.5. The molecule has 1 aliphatic rings. The van der Waals surface area contributed by atoms with E-state index in [2.05, 4.69) is 29.6 Å². The van der Waals surface area contributed by atoms with Crippen LogP contribution in [0.15, 0.2) is 72.1 Å². The van der Waals surface area contributed by atoms with Crippen molar-refractivity contribution in [3.05, 3.63) is 87.7 Å². The van der Waals surface area contributed by atoms with Gasteiger partial charge in [0.2, 0.25) is 0 Å². The number of carbonyl (C=O) groups is 1. The first-order chi connectivity index (χ1) is 15.6. The lowest BCUT2D eigenvalue weighted by molar-refractivity contribution is 0.123. The second kappa shape index (κ2) is 8.88. The molecule has 1 N–H and O–H groups in total.